The lowest BCUT2D eigenvalue weighted by Gasteiger charge is -2.25. The van der Waals surface area contributed by atoms with Gasteiger partial charge in [0.2, 0.25) is 5.88 Å². The van der Waals surface area contributed by atoms with Gasteiger partial charge in [-0.05, 0) is 36.2 Å². The number of carbonyl (C=O) groups is 1. The molecule has 120 valence electrons. The fourth-order valence-electron chi connectivity index (χ4n) is 2.91. The molecule has 2 heterocycles. The molecule has 0 radical (unpaired) electrons. The van der Waals surface area contributed by atoms with E-state index in [0.29, 0.717) is 12.0 Å². The summed E-state index contributed by atoms with van der Waals surface area (Å²) in [6.07, 6.45) is 1.35. The van der Waals surface area contributed by atoms with Crippen LogP contribution in [0.15, 0.2) is 42.6 Å². The van der Waals surface area contributed by atoms with Crippen LogP contribution < -0.4 is 4.74 Å². The summed E-state index contributed by atoms with van der Waals surface area (Å²) in [5.41, 5.74) is 1.13. The molecule has 3 rings (SSSR count). The Hall–Kier alpha value is -2.47. The molecule has 1 aromatic carbocycles. The Bertz CT molecular complexity index is 705. The summed E-state index contributed by atoms with van der Waals surface area (Å²) in [6.45, 7) is 0.221. The molecule has 0 bridgehead atoms. The van der Waals surface area contributed by atoms with Crippen molar-refractivity contribution in [1.82, 2.24) is 9.88 Å². The van der Waals surface area contributed by atoms with Gasteiger partial charge in [-0.25, -0.2) is 9.37 Å². The molecule has 1 aliphatic heterocycles. The summed E-state index contributed by atoms with van der Waals surface area (Å²) in [4.78, 5) is 18.5. The fourth-order valence-corrected chi connectivity index (χ4v) is 2.91. The normalized spacial score (nSPS) is 20.6. The van der Waals surface area contributed by atoms with Crippen LogP contribution in [0.5, 0.6) is 5.88 Å². The number of nitrogens with zero attached hydrogens (tertiary/aromatic N) is 2. The van der Waals surface area contributed by atoms with E-state index in [9.17, 15) is 14.3 Å². The summed E-state index contributed by atoms with van der Waals surface area (Å²) in [5, 5.41) is 9.99. The van der Waals surface area contributed by atoms with Crippen molar-refractivity contribution in [3.8, 4) is 5.88 Å². The first kappa shape index (κ1) is 15.4. The van der Waals surface area contributed by atoms with Gasteiger partial charge in [0.05, 0.1) is 19.3 Å². The molecule has 5 nitrogen and oxygen atoms in total. The van der Waals surface area contributed by atoms with Gasteiger partial charge in [-0.15, -0.1) is 0 Å². The van der Waals surface area contributed by atoms with Crippen molar-refractivity contribution in [1.29, 1.82) is 0 Å². The predicted molar refractivity (Wildman–Crippen MR) is 81.6 cm³/mol. The highest BCUT2D eigenvalue weighted by atomic mass is 19.1. The first-order valence-electron chi connectivity index (χ1n) is 7.33. The largest absolute Gasteiger partial charge is 0.480 e. The molecule has 1 aromatic heterocycles. The molecule has 0 saturated carbocycles. The van der Waals surface area contributed by atoms with Crippen molar-refractivity contribution in [2.75, 3.05) is 13.7 Å². The van der Waals surface area contributed by atoms with Gasteiger partial charge >= 0.3 is 0 Å². The smallest absolute Gasteiger partial charge is 0.259 e. The van der Waals surface area contributed by atoms with Crippen LogP contribution in [-0.4, -0.2) is 40.7 Å². The molecule has 23 heavy (non-hydrogen) atoms. The number of aliphatic hydroxyl groups excluding tert-OH is 1. The lowest BCUT2D eigenvalue weighted by molar-refractivity contribution is 0.0711. The number of amides is 1. The van der Waals surface area contributed by atoms with E-state index in [-0.39, 0.29) is 30.2 Å². The molecule has 1 fully saturated rings. The van der Waals surface area contributed by atoms with E-state index < -0.39 is 6.10 Å². The quantitative estimate of drug-likeness (QED) is 0.943. The molecule has 2 unspecified atom stereocenters. The topological polar surface area (TPSA) is 62.7 Å². The van der Waals surface area contributed by atoms with Crippen molar-refractivity contribution in [3.63, 3.8) is 0 Å². The Morgan fingerprint density at radius 1 is 1.35 bits per heavy atom. The van der Waals surface area contributed by atoms with Crippen molar-refractivity contribution >= 4 is 5.91 Å². The van der Waals surface area contributed by atoms with Gasteiger partial charge in [-0.1, -0.05) is 12.1 Å². The number of carbonyl (C=O) groups excluding carboxylic acids is 1. The van der Waals surface area contributed by atoms with Crippen molar-refractivity contribution in [2.24, 2.45) is 0 Å². The first-order valence-corrected chi connectivity index (χ1v) is 7.33. The zero-order valence-electron chi connectivity index (χ0n) is 12.6. The average molecular weight is 316 g/mol. The fraction of sp³-hybridized carbons (Fsp3) is 0.294. The third-order valence-corrected chi connectivity index (χ3v) is 3.99. The van der Waals surface area contributed by atoms with Gasteiger partial charge in [0, 0.05) is 12.7 Å². The van der Waals surface area contributed by atoms with E-state index in [1.54, 1.807) is 35.4 Å². The van der Waals surface area contributed by atoms with Crippen molar-refractivity contribution < 1.29 is 19.0 Å². The van der Waals surface area contributed by atoms with Gasteiger partial charge in [-0.3, -0.25) is 4.79 Å². The molecule has 2 aromatic rings. The van der Waals surface area contributed by atoms with E-state index in [1.165, 1.54) is 19.2 Å². The zero-order chi connectivity index (χ0) is 16.4. The van der Waals surface area contributed by atoms with Crippen LogP contribution in [0.3, 0.4) is 0 Å². The number of halogens is 1. The molecule has 1 N–H and O–H groups in total. The molecular formula is C17H17FN2O3. The number of aliphatic hydroxyl groups is 1. The number of benzene rings is 1. The minimum Gasteiger partial charge on any atom is -0.480 e. The zero-order valence-corrected chi connectivity index (χ0v) is 12.6. The van der Waals surface area contributed by atoms with Gasteiger partial charge in [0.15, 0.2) is 0 Å². The number of hydrogen-bond acceptors (Lipinski definition) is 4. The standard InChI is InChI=1S/C17H17FN2O3/c1-23-16-14(3-2-8-19-16)17(22)20-10-13(21)9-15(20)11-4-6-12(18)7-5-11/h2-8,13,15,21H,9-10H2,1H3. The van der Waals surface area contributed by atoms with Gasteiger partial charge in [-0.2, -0.15) is 0 Å². The molecule has 1 saturated heterocycles. The number of pyridine rings is 1. The molecular weight excluding hydrogens is 299 g/mol. The first-order chi connectivity index (χ1) is 11.1. The Balaban J connectivity index is 1.93. The highest BCUT2D eigenvalue weighted by Crippen LogP contribution is 2.34. The highest BCUT2D eigenvalue weighted by Gasteiger charge is 2.36. The number of methoxy groups -OCH3 is 1. The summed E-state index contributed by atoms with van der Waals surface area (Å²) in [6, 6.07) is 8.98. The molecule has 0 aliphatic carbocycles. The Kier molecular flexibility index (Phi) is 4.25. The summed E-state index contributed by atoms with van der Waals surface area (Å²) in [7, 11) is 1.45. The maximum Gasteiger partial charge on any atom is 0.259 e. The second kappa shape index (κ2) is 6.34. The van der Waals surface area contributed by atoms with Crippen LogP contribution in [0, 0.1) is 5.82 Å². The van der Waals surface area contributed by atoms with E-state index in [2.05, 4.69) is 4.98 Å². The second-order valence-electron chi connectivity index (χ2n) is 5.47. The predicted octanol–water partition coefficient (Wildman–Crippen LogP) is 2.18. The minimum absolute atomic E-state index is 0.221. The molecule has 2 atom stereocenters. The second-order valence-corrected chi connectivity index (χ2v) is 5.47. The Morgan fingerprint density at radius 2 is 2.09 bits per heavy atom. The number of rotatable bonds is 3. The van der Waals surface area contributed by atoms with Gasteiger partial charge in [0.1, 0.15) is 11.4 Å². The van der Waals surface area contributed by atoms with Crippen LogP contribution in [-0.2, 0) is 0 Å². The van der Waals surface area contributed by atoms with E-state index in [0.717, 1.165) is 5.56 Å². The van der Waals surface area contributed by atoms with Crippen LogP contribution in [0.2, 0.25) is 0 Å². The van der Waals surface area contributed by atoms with Crippen LogP contribution in [0.25, 0.3) is 0 Å². The maximum atomic E-state index is 13.1. The third-order valence-electron chi connectivity index (χ3n) is 3.99. The molecule has 1 aliphatic rings. The minimum atomic E-state index is -0.614. The third kappa shape index (κ3) is 3.03. The number of ether oxygens (including phenoxy) is 1. The number of aromatic nitrogens is 1. The SMILES string of the molecule is COc1ncccc1C(=O)N1CC(O)CC1c1ccc(F)cc1. The Morgan fingerprint density at radius 3 is 2.78 bits per heavy atom. The molecule has 1 amide bonds. The van der Waals surface area contributed by atoms with Crippen molar-refractivity contribution in [2.45, 2.75) is 18.6 Å². The summed E-state index contributed by atoms with van der Waals surface area (Å²) in [5.74, 6) is -0.350. The van der Waals surface area contributed by atoms with Crippen LogP contribution in [0.4, 0.5) is 4.39 Å². The molecule has 6 heteroatoms. The average Bonchev–Trinajstić information content (AvgIpc) is 2.96. The number of likely N-dealkylation sites (tertiary alicyclic amines) is 1. The number of hydrogen-bond donors (Lipinski definition) is 1. The van der Waals surface area contributed by atoms with E-state index >= 15 is 0 Å². The number of β-amino-alcohol motifs (C(OH)–C–C–N with tert-alkyl or cyclic N) is 1. The summed E-state index contributed by atoms with van der Waals surface area (Å²) >= 11 is 0. The van der Waals surface area contributed by atoms with Gasteiger partial charge < -0.3 is 14.7 Å². The van der Waals surface area contributed by atoms with Crippen LogP contribution in [0.1, 0.15) is 28.4 Å². The lowest BCUT2D eigenvalue weighted by Crippen LogP contribution is -2.32. The van der Waals surface area contributed by atoms with E-state index in [1.807, 2.05) is 0 Å². The molecule has 0 spiro atoms. The van der Waals surface area contributed by atoms with Gasteiger partial charge in [0.25, 0.3) is 5.91 Å². The summed E-state index contributed by atoms with van der Waals surface area (Å²) < 4.78 is 18.3. The maximum absolute atomic E-state index is 13.1. The lowest BCUT2D eigenvalue weighted by atomic mass is 10.0. The highest BCUT2D eigenvalue weighted by molar-refractivity contribution is 5.96. The van der Waals surface area contributed by atoms with E-state index in [4.69, 9.17) is 4.74 Å². The Labute approximate surface area is 133 Å². The van der Waals surface area contributed by atoms with Crippen LogP contribution >= 0.6 is 0 Å². The van der Waals surface area contributed by atoms with Crippen molar-refractivity contribution in [3.05, 3.63) is 59.5 Å². The monoisotopic (exact) mass is 316 g/mol.